The normalized spacial score (nSPS) is 16.1. The fourth-order valence-electron chi connectivity index (χ4n) is 3.78. The van der Waals surface area contributed by atoms with Gasteiger partial charge >= 0.3 is 0 Å². The minimum Gasteiger partial charge on any atom is -0.448 e. The van der Waals surface area contributed by atoms with E-state index in [1.165, 1.54) is 11.8 Å². The molecule has 2 aromatic heterocycles. The first-order valence-corrected chi connectivity index (χ1v) is 11.7. The molecule has 32 heavy (non-hydrogen) atoms. The van der Waals surface area contributed by atoms with Crippen molar-refractivity contribution in [1.29, 1.82) is 0 Å². The molecule has 2 aromatic carbocycles. The average Bonchev–Trinajstić information content (AvgIpc) is 3.44. The monoisotopic (exact) mass is 469 g/mol. The van der Waals surface area contributed by atoms with Crippen LogP contribution in [0.15, 0.2) is 62.9 Å². The lowest BCUT2D eigenvalue weighted by Gasteiger charge is -2.15. The van der Waals surface area contributed by atoms with E-state index >= 15 is 0 Å². The van der Waals surface area contributed by atoms with Crippen LogP contribution in [0.1, 0.15) is 12.8 Å². The van der Waals surface area contributed by atoms with E-state index in [4.69, 9.17) is 25.7 Å². The van der Waals surface area contributed by atoms with Crippen LogP contribution >= 0.6 is 23.4 Å². The van der Waals surface area contributed by atoms with Gasteiger partial charge in [-0.05, 0) is 49.2 Å². The molecule has 0 aliphatic carbocycles. The zero-order valence-corrected chi connectivity index (χ0v) is 18.6. The maximum absolute atomic E-state index is 13.3. The topological polar surface area (TPSA) is 86.4 Å². The number of carbonyl (C=O) groups is 1. The van der Waals surface area contributed by atoms with Crippen LogP contribution in [0.4, 0.5) is 5.69 Å². The number of carbonyl (C=O) groups excluding carboxylic acids is 1. The van der Waals surface area contributed by atoms with E-state index in [1.807, 2.05) is 24.3 Å². The van der Waals surface area contributed by atoms with E-state index in [2.05, 4.69) is 5.32 Å². The van der Waals surface area contributed by atoms with Gasteiger partial charge in [0, 0.05) is 22.7 Å². The standard InChI is InChI=1S/C23H20ClN3O4S/c24-14-7-9-15(10-8-14)25-19(28)13-32-23-26-20-17-5-1-2-6-18(17)31-21(20)22(29)27(23)12-16-4-3-11-30-16/h1-2,5-10,16H,3-4,11-13H2,(H,25,28)/t16-/m0/s1. The summed E-state index contributed by atoms with van der Waals surface area (Å²) < 4.78 is 13.1. The van der Waals surface area contributed by atoms with Gasteiger partial charge in [0.1, 0.15) is 11.1 Å². The van der Waals surface area contributed by atoms with Gasteiger partial charge in [-0.1, -0.05) is 35.5 Å². The Morgan fingerprint density at radius 3 is 2.81 bits per heavy atom. The van der Waals surface area contributed by atoms with E-state index in [1.54, 1.807) is 28.8 Å². The molecule has 1 atom stereocenters. The van der Waals surface area contributed by atoms with E-state index in [9.17, 15) is 9.59 Å². The molecule has 0 unspecified atom stereocenters. The van der Waals surface area contributed by atoms with Crippen LogP contribution in [0.2, 0.25) is 5.02 Å². The number of hydrogen-bond acceptors (Lipinski definition) is 6. The van der Waals surface area contributed by atoms with Crippen molar-refractivity contribution in [3.8, 4) is 0 Å². The second kappa shape index (κ2) is 8.97. The third-order valence-electron chi connectivity index (χ3n) is 5.32. The van der Waals surface area contributed by atoms with Gasteiger partial charge in [-0.25, -0.2) is 4.98 Å². The Morgan fingerprint density at radius 1 is 1.22 bits per heavy atom. The molecule has 1 aliphatic rings. The number of ether oxygens (including phenoxy) is 1. The summed E-state index contributed by atoms with van der Waals surface area (Å²) in [5, 5.41) is 4.67. The lowest BCUT2D eigenvalue weighted by molar-refractivity contribution is -0.113. The second-order valence-corrected chi connectivity index (χ2v) is 8.94. The number of halogens is 1. The Labute approximate surface area is 192 Å². The van der Waals surface area contributed by atoms with Crippen molar-refractivity contribution in [3.63, 3.8) is 0 Å². The zero-order valence-electron chi connectivity index (χ0n) is 17.0. The van der Waals surface area contributed by atoms with Crippen LogP contribution in [0, 0.1) is 0 Å². The summed E-state index contributed by atoms with van der Waals surface area (Å²) in [5.41, 5.74) is 1.73. The fourth-order valence-corrected chi connectivity index (χ4v) is 4.70. The molecule has 4 aromatic rings. The molecule has 164 valence electrons. The first-order valence-electron chi connectivity index (χ1n) is 10.3. The molecule has 5 rings (SSSR count). The number of aromatic nitrogens is 2. The number of benzene rings is 2. The van der Waals surface area contributed by atoms with Crippen LogP contribution in [0.3, 0.4) is 0 Å². The molecule has 0 bridgehead atoms. The van der Waals surface area contributed by atoms with Crippen molar-refractivity contribution < 1.29 is 13.9 Å². The molecule has 1 saturated heterocycles. The summed E-state index contributed by atoms with van der Waals surface area (Å²) >= 11 is 7.11. The highest BCUT2D eigenvalue weighted by molar-refractivity contribution is 7.99. The van der Waals surface area contributed by atoms with Gasteiger partial charge in [-0.15, -0.1) is 0 Å². The third kappa shape index (κ3) is 4.26. The first-order chi connectivity index (χ1) is 15.6. The van der Waals surface area contributed by atoms with Crippen LogP contribution in [-0.2, 0) is 16.1 Å². The van der Waals surface area contributed by atoms with Crippen LogP contribution in [-0.4, -0.2) is 33.9 Å². The quantitative estimate of drug-likeness (QED) is 0.325. The number of rotatable bonds is 6. The van der Waals surface area contributed by atoms with E-state index in [-0.39, 0.29) is 28.9 Å². The van der Waals surface area contributed by atoms with Crippen LogP contribution in [0.5, 0.6) is 0 Å². The fraction of sp³-hybridized carbons (Fsp3) is 0.261. The molecular weight excluding hydrogens is 450 g/mol. The number of anilines is 1. The van der Waals surface area contributed by atoms with E-state index in [0.29, 0.717) is 40.1 Å². The molecule has 3 heterocycles. The Balaban J connectivity index is 1.46. The SMILES string of the molecule is O=C(CSc1nc2c(oc3ccccc32)c(=O)n1C[C@@H]1CCCO1)Nc1ccc(Cl)cc1. The summed E-state index contributed by atoms with van der Waals surface area (Å²) in [4.78, 5) is 30.6. The molecule has 1 aliphatic heterocycles. The molecular formula is C23H20ClN3O4S. The maximum Gasteiger partial charge on any atom is 0.297 e. The predicted octanol–water partition coefficient (Wildman–Crippen LogP) is 4.71. The first kappa shape index (κ1) is 21.1. The number of fused-ring (bicyclic) bond motifs is 3. The van der Waals surface area contributed by atoms with Crippen LogP contribution < -0.4 is 10.9 Å². The maximum atomic E-state index is 13.3. The van der Waals surface area contributed by atoms with Gasteiger partial charge in [0.25, 0.3) is 5.56 Å². The average molecular weight is 470 g/mol. The number of furan rings is 1. The number of nitrogens with one attached hydrogen (secondary N) is 1. The summed E-state index contributed by atoms with van der Waals surface area (Å²) in [7, 11) is 0. The number of thioether (sulfide) groups is 1. The Hall–Kier alpha value is -2.81. The van der Waals surface area contributed by atoms with Gasteiger partial charge in [-0.3, -0.25) is 14.2 Å². The van der Waals surface area contributed by atoms with Crippen molar-refractivity contribution in [2.75, 3.05) is 17.7 Å². The van der Waals surface area contributed by atoms with E-state index < -0.39 is 0 Å². The van der Waals surface area contributed by atoms with Gasteiger partial charge in [-0.2, -0.15) is 0 Å². The number of amides is 1. The van der Waals surface area contributed by atoms with Crippen LogP contribution in [0.25, 0.3) is 22.1 Å². The van der Waals surface area contributed by atoms with Crippen molar-refractivity contribution in [3.05, 3.63) is 63.9 Å². The number of hydrogen-bond donors (Lipinski definition) is 1. The Morgan fingerprint density at radius 2 is 2.03 bits per heavy atom. The number of nitrogens with zero attached hydrogens (tertiary/aromatic N) is 2. The minimum absolute atomic E-state index is 0.0569. The highest BCUT2D eigenvalue weighted by Gasteiger charge is 2.23. The predicted molar refractivity (Wildman–Crippen MR) is 126 cm³/mol. The Kier molecular flexibility index (Phi) is 5.91. The lowest BCUT2D eigenvalue weighted by Crippen LogP contribution is -2.29. The molecule has 1 fully saturated rings. The summed E-state index contributed by atoms with van der Waals surface area (Å²) in [6.07, 6.45) is 1.79. The van der Waals surface area contributed by atoms with Gasteiger partial charge < -0.3 is 14.5 Å². The van der Waals surface area contributed by atoms with Gasteiger partial charge in [0.05, 0.1) is 18.4 Å². The molecule has 0 saturated carbocycles. The van der Waals surface area contributed by atoms with Gasteiger partial charge in [0.2, 0.25) is 11.5 Å². The van der Waals surface area contributed by atoms with Crippen molar-refractivity contribution in [2.45, 2.75) is 30.6 Å². The molecule has 7 nitrogen and oxygen atoms in total. The van der Waals surface area contributed by atoms with Crippen molar-refractivity contribution in [1.82, 2.24) is 9.55 Å². The summed E-state index contributed by atoms with van der Waals surface area (Å²) in [5.74, 6) is -0.102. The Bertz CT molecular complexity index is 1340. The minimum atomic E-state index is -0.262. The molecule has 0 spiro atoms. The molecule has 9 heteroatoms. The van der Waals surface area contributed by atoms with Gasteiger partial charge in [0.15, 0.2) is 5.16 Å². The summed E-state index contributed by atoms with van der Waals surface area (Å²) in [6.45, 7) is 1.06. The highest BCUT2D eigenvalue weighted by Crippen LogP contribution is 2.28. The molecule has 1 amide bonds. The van der Waals surface area contributed by atoms with Crippen molar-refractivity contribution in [2.24, 2.45) is 0 Å². The molecule has 1 N–H and O–H groups in total. The largest absolute Gasteiger partial charge is 0.448 e. The number of para-hydroxylation sites is 1. The van der Waals surface area contributed by atoms with E-state index in [0.717, 1.165) is 18.2 Å². The van der Waals surface area contributed by atoms with Crippen molar-refractivity contribution >= 4 is 57.0 Å². The molecule has 0 radical (unpaired) electrons. The summed E-state index contributed by atoms with van der Waals surface area (Å²) in [6, 6.07) is 14.3. The lowest BCUT2D eigenvalue weighted by atomic mass is 10.2. The zero-order chi connectivity index (χ0) is 22.1. The second-order valence-electron chi connectivity index (χ2n) is 7.56. The highest BCUT2D eigenvalue weighted by atomic mass is 35.5. The third-order valence-corrected chi connectivity index (χ3v) is 6.55. The smallest absolute Gasteiger partial charge is 0.297 e.